The molecule has 2 heterocycles. The minimum absolute atomic E-state index is 0.125. The summed E-state index contributed by atoms with van der Waals surface area (Å²) in [5.74, 6) is 0.947. The van der Waals surface area contributed by atoms with E-state index in [1.54, 1.807) is 11.8 Å². The van der Waals surface area contributed by atoms with Crippen LogP contribution in [0.2, 0.25) is 0 Å². The fourth-order valence-corrected chi connectivity index (χ4v) is 5.88. The molecule has 4 aromatic rings. The summed E-state index contributed by atoms with van der Waals surface area (Å²) in [5.41, 5.74) is 1.26. The summed E-state index contributed by atoms with van der Waals surface area (Å²) in [6.45, 7) is 1.89. The van der Waals surface area contributed by atoms with Crippen molar-refractivity contribution in [2.75, 3.05) is 11.1 Å². The third kappa shape index (κ3) is 4.88. The molecular formula is C18H15N5OS4. The fourth-order valence-electron chi connectivity index (χ4n) is 2.50. The first-order valence-electron chi connectivity index (χ1n) is 8.33. The van der Waals surface area contributed by atoms with Crippen LogP contribution in [-0.4, -0.2) is 32.1 Å². The Morgan fingerprint density at radius 3 is 2.61 bits per heavy atom. The number of carbonyl (C=O) groups excluding carboxylic acids is 1. The van der Waals surface area contributed by atoms with E-state index >= 15 is 0 Å². The highest BCUT2D eigenvalue weighted by Gasteiger charge is 2.11. The van der Waals surface area contributed by atoms with Crippen LogP contribution in [0.15, 0.2) is 51.1 Å². The van der Waals surface area contributed by atoms with E-state index in [0.717, 1.165) is 19.4 Å². The van der Waals surface area contributed by atoms with Crippen molar-refractivity contribution in [2.24, 2.45) is 0 Å². The van der Waals surface area contributed by atoms with Crippen molar-refractivity contribution in [1.29, 1.82) is 0 Å². The van der Waals surface area contributed by atoms with Gasteiger partial charge in [0.1, 0.15) is 5.01 Å². The van der Waals surface area contributed by atoms with E-state index in [-0.39, 0.29) is 11.7 Å². The number of aryl methyl sites for hydroxylation is 1. The minimum Gasteiger partial charge on any atom is -0.300 e. The van der Waals surface area contributed by atoms with Crippen molar-refractivity contribution in [2.45, 2.75) is 21.4 Å². The first-order valence-corrected chi connectivity index (χ1v) is 11.9. The molecular weight excluding hydrogens is 431 g/mol. The van der Waals surface area contributed by atoms with Gasteiger partial charge in [0, 0.05) is 5.75 Å². The number of benzene rings is 2. The van der Waals surface area contributed by atoms with E-state index in [2.05, 4.69) is 62.1 Å². The Balaban J connectivity index is 1.32. The van der Waals surface area contributed by atoms with Crippen LogP contribution in [0.5, 0.6) is 0 Å². The molecule has 0 saturated heterocycles. The van der Waals surface area contributed by atoms with Gasteiger partial charge in [-0.05, 0) is 23.3 Å². The van der Waals surface area contributed by atoms with Crippen molar-refractivity contribution in [1.82, 2.24) is 20.4 Å². The summed E-state index contributed by atoms with van der Waals surface area (Å²) in [6.07, 6.45) is 0. The lowest BCUT2D eigenvalue weighted by molar-refractivity contribution is -0.113. The molecule has 28 heavy (non-hydrogen) atoms. The first-order chi connectivity index (χ1) is 13.7. The molecule has 0 atom stereocenters. The minimum atomic E-state index is -0.125. The molecule has 0 saturated carbocycles. The molecule has 0 aliphatic heterocycles. The second kappa shape index (κ2) is 8.99. The molecule has 0 spiro atoms. The molecule has 4 rings (SSSR count). The quantitative estimate of drug-likeness (QED) is 0.321. The van der Waals surface area contributed by atoms with Gasteiger partial charge in [-0.25, -0.2) is 0 Å². The van der Waals surface area contributed by atoms with Crippen molar-refractivity contribution < 1.29 is 4.79 Å². The van der Waals surface area contributed by atoms with Gasteiger partial charge in [0.25, 0.3) is 0 Å². The Kier molecular flexibility index (Phi) is 6.20. The molecule has 142 valence electrons. The van der Waals surface area contributed by atoms with Gasteiger partial charge in [0.2, 0.25) is 11.0 Å². The van der Waals surface area contributed by atoms with E-state index in [1.165, 1.54) is 50.8 Å². The van der Waals surface area contributed by atoms with Crippen molar-refractivity contribution in [3.8, 4) is 0 Å². The zero-order valence-corrected chi connectivity index (χ0v) is 18.1. The highest BCUT2D eigenvalue weighted by atomic mass is 32.2. The standard InChI is InChI=1S/C18H15N5OS4/c1-11-20-22-17(27-11)26-10-15(24)19-16-21-23-18(28-16)25-9-13-7-4-6-12-5-2-3-8-14(12)13/h2-8H,9-10H2,1H3,(H,19,21,24). The molecule has 1 amide bonds. The van der Waals surface area contributed by atoms with Gasteiger partial charge >= 0.3 is 0 Å². The molecule has 2 aromatic heterocycles. The molecule has 0 aliphatic carbocycles. The Morgan fingerprint density at radius 1 is 0.964 bits per heavy atom. The van der Waals surface area contributed by atoms with Crippen LogP contribution in [0.4, 0.5) is 5.13 Å². The van der Waals surface area contributed by atoms with Crippen LogP contribution in [0, 0.1) is 6.92 Å². The van der Waals surface area contributed by atoms with Crippen LogP contribution in [-0.2, 0) is 10.5 Å². The number of fused-ring (bicyclic) bond motifs is 1. The molecule has 0 radical (unpaired) electrons. The average Bonchev–Trinajstić information content (AvgIpc) is 3.33. The second-order valence-corrected chi connectivity index (χ2v) is 10.3. The maximum absolute atomic E-state index is 12.1. The molecule has 0 fully saturated rings. The summed E-state index contributed by atoms with van der Waals surface area (Å²) in [5, 5.41) is 22.9. The normalized spacial score (nSPS) is 11.0. The van der Waals surface area contributed by atoms with Gasteiger partial charge in [0.05, 0.1) is 5.75 Å². The average molecular weight is 446 g/mol. The highest BCUT2D eigenvalue weighted by Crippen LogP contribution is 2.31. The third-order valence-corrected chi connectivity index (χ3v) is 7.71. The lowest BCUT2D eigenvalue weighted by Gasteiger charge is -2.04. The van der Waals surface area contributed by atoms with E-state index in [0.29, 0.717) is 5.13 Å². The van der Waals surface area contributed by atoms with Crippen LogP contribution >= 0.6 is 46.2 Å². The van der Waals surface area contributed by atoms with Gasteiger partial charge in [-0.15, -0.1) is 20.4 Å². The number of anilines is 1. The van der Waals surface area contributed by atoms with E-state index in [9.17, 15) is 4.79 Å². The van der Waals surface area contributed by atoms with E-state index in [1.807, 2.05) is 13.0 Å². The molecule has 10 heteroatoms. The predicted molar refractivity (Wildman–Crippen MR) is 117 cm³/mol. The zero-order valence-electron chi connectivity index (χ0n) is 14.8. The van der Waals surface area contributed by atoms with Gasteiger partial charge < -0.3 is 0 Å². The molecule has 6 nitrogen and oxygen atoms in total. The summed E-state index contributed by atoms with van der Waals surface area (Å²) in [7, 11) is 0. The maximum atomic E-state index is 12.1. The monoisotopic (exact) mass is 445 g/mol. The van der Waals surface area contributed by atoms with Crippen LogP contribution < -0.4 is 5.32 Å². The van der Waals surface area contributed by atoms with Crippen molar-refractivity contribution in [3.63, 3.8) is 0 Å². The first kappa shape index (κ1) is 19.3. The number of amides is 1. The third-order valence-electron chi connectivity index (χ3n) is 3.72. The Hall–Kier alpha value is -2.01. The van der Waals surface area contributed by atoms with E-state index in [4.69, 9.17) is 0 Å². The lowest BCUT2D eigenvalue weighted by Crippen LogP contribution is -2.13. The van der Waals surface area contributed by atoms with Crippen LogP contribution in [0.1, 0.15) is 10.6 Å². The van der Waals surface area contributed by atoms with E-state index < -0.39 is 0 Å². The van der Waals surface area contributed by atoms with Crippen molar-refractivity contribution in [3.05, 3.63) is 53.0 Å². The van der Waals surface area contributed by atoms with Crippen LogP contribution in [0.3, 0.4) is 0 Å². The van der Waals surface area contributed by atoms with Gasteiger partial charge in [-0.1, -0.05) is 88.7 Å². The van der Waals surface area contributed by atoms with Gasteiger partial charge in [-0.2, -0.15) is 0 Å². The van der Waals surface area contributed by atoms with Crippen molar-refractivity contribution >= 4 is 68.0 Å². The van der Waals surface area contributed by atoms with Gasteiger partial charge in [0.15, 0.2) is 8.68 Å². The van der Waals surface area contributed by atoms with Gasteiger partial charge in [-0.3, -0.25) is 10.1 Å². The number of aromatic nitrogens is 4. The smallest absolute Gasteiger partial charge is 0.236 e. The number of hydrogen-bond acceptors (Lipinski definition) is 9. The summed E-state index contributed by atoms with van der Waals surface area (Å²) in [4.78, 5) is 12.1. The Morgan fingerprint density at radius 2 is 1.75 bits per heavy atom. The second-order valence-electron chi connectivity index (χ2n) is 5.72. The summed E-state index contributed by atoms with van der Waals surface area (Å²) >= 11 is 5.85. The molecule has 2 aromatic carbocycles. The molecule has 0 aliphatic rings. The summed E-state index contributed by atoms with van der Waals surface area (Å²) < 4.78 is 1.62. The molecule has 0 unspecified atom stereocenters. The highest BCUT2D eigenvalue weighted by molar-refractivity contribution is 8.01. The molecule has 1 N–H and O–H groups in total. The number of nitrogens with zero attached hydrogens (tertiary/aromatic N) is 4. The zero-order chi connectivity index (χ0) is 19.3. The SMILES string of the molecule is Cc1nnc(SCC(=O)Nc2nnc(SCc3cccc4ccccc34)s2)s1. The number of rotatable bonds is 7. The summed E-state index contributed by atoms with van der Waals surface area (Å²) in [6, 6.07) is 14.7. The number of nitrogens with one attached hydrogen (secondary N) is 1. The Bertz CT molecular complexity index is 1100. The number of thioether (sulfide) groups is 2. The van der Waals surface area contributed by atoms with Crippen LogP contribution in [0.25, 0.3) is 10.8 Å². The number of hydrogen-bond donors (Lipinski definition) is 1. The largest absolute Gasteiger partial charge is 0.300 e. The molecule has 0 bridgehead atoms. The Labute approximate surface area is 178 Å². The number of carbonyl (C=O) groups is 1. The lowest BCUT2D eigenvalue weighted by atomic mass is 10.1. The topological polar surface area (TPSA) is 80.7 Å². The fraction of sp³-hybridized carbons (Fsp3) is 0.167. The maximum Gasteiger partial charge on any atom is 0.236 e. The predicted octanol–water partition coefficient (Wildman–Crippen LogP) is 4.87.